The van der Waals surface area contributed by atoms with Gasteiger partial charge in [0.25, 0.3) is 0 Å². The molecule has 0 aliphatic carbocycles. The van der Waals surface area contributed by atoms with Gasteiger partial charge in [-0.2, -0.15) is 4.98 Å². The Bertz CT molecular complexity index is 342. The Morgan fingerprint density at radius 1 is 1.53 bits per heavy atom. The number of aromatic nitrogens is 2. The minimum absolute atomic E-state index is 0.374. The van der Waals surface area contributed by atoms with Crippen LogP contribution >= 0.6 is 11.6 Å². The van der Waals surface area contributed by atoms with Gasteiger partial charge in [0.05, 0.1) is 6.61 Å². The van der Waals surface area contributed by atoms with Gasteiger partial charge in [0.15, 0.2) is 0 Å². The number of nitrogens with one attached hydrogen (secondary N) is 1. The van der Waals surface area contributed by atoms with E-state index in [1.165, 1.54) is 25.8 Å². The molecular weight excluding hydrogens is 238 g/mol. The van der Waals surface area contributed by atoms with Gasteiger partial charge in [-0.25, -0.2) is 4.98 Å². The van der Waals surface area contributed by atoms with Crippen LogP contribution in [0.5, 0.6) is 6.01 Å². The summed E-state index contributed by atoms with van der Waals surface area (Å²) in [5.41, 5.74) is 0. The van der Waals surface area contributed by atoms with Crippen molar-refractivity contribution in [1.82, 2.24) is 15.3 Å². The maximum atomic E-state index is 5.74. The first-order chi connectivity index (χ1) is 8.34. The molecule has 0 spiro atoms. The van der Waals surface area contributed by atoms with Crippen molar-refractivity contribution in [3.8, 4) is 6.01 Å². The van der Waals surface area contributed by atoms with Crippen LogP contribution in [0, 0.1) is 5.92 Å². The molecule has 17 heavy (non-hydrogen) atoms. The fourth-order valence-corrected chi connectivity index (χ4v) is 2.22. The van der Waals surface area contributed by atoms with E-state index in [9.17, 15) is 0 Å². The predicted octanol–water partition coefficient (Wildman–Crippen LogP) is 2.29. The lowest BCUT2D eigenvalue weighted by atomic mass is 9.95. The Hall–Kier alpha value is -0.870. The van der Waals surface area contributed by atoms with Gasteiger partial charge >= 0.3 is 6.01 Å². The van der Waals surface area contributed by atoms with Crippen LogP contribution in [-0.2, 0) is 0 Å². The largest absolute Gasteiger partial charge is 0.463 e. The highest BCUT2D eigenvalue weighted by Gasteiger charge is 2.12. The van der Waals surface area contributed by atoms with Crippen molar-refractivity contribution in [3.63, 3.8) is 0 Å². The average Bonchev–Trinajstić information content (AvgIpc) is 2.36. The van der Waals surface area contributed by atoms with Gasteiger partial charge in [0.1, 0.15) is 5.15 Å². The maximum absolute atomic E-state index is 5.74. The van der Waals surface area contributed by atoms with Crippen molar-refractivity contribution in [2.24, 2.45) is 5.92 Å². The zero-order valence-electron chi connectivity index (χ0n) is 9.86. The summed E-state index contributed by atoms with van der Waals surface area (Å²) in [5.74, 6) is 0.799. The van der Waals surface area contributed by atoms with Crippen LogP contribution < -0.4 is 10.1 Å². The van der Waals surface area contributed by atoms with Crippen molar-refractivity contribution in [3.05, 3.63) is 17.4 Å². The lowest BCUT2D eigenvalue weighted by Crippen LogP contribution is -2.29. The van der Waals surface area contributed by atoms with Crippen LogP contribution in [0.4, 0.5) is 0 Å². The normalized spacial score (nSPS) is 20.2. The summed E-state index contributed by atoms with van der Waals surface area (Å²) in [6, 6.07) is 2.02. The van der Waals surface area contributed by atoms with E-state index in [0.717, 1.165) is 18.9 Å². The lowest BCUT2D eigenvalue weighted by Gasteiger charge is -2.22. The minimum atomic E-state index is 0.374. The van der Waals surface area contributed by atoms with Gasteiger partial charge in [0.2, 0.25) is 0 Å². The first-order valence-corrected chi connectivity index (χ1v) is 6.54. The van der Waals surface area contributed by atoms with Crippen molar-refractivity contribution in [1.29, 1.82) is 0 Å². The van der Waals surface area contributed by atoms with E-state index in [1.54, 1.807) is 12.3 Å². The van der Waals surface area contributed by atoms with Gasteiger partial charge in [-0.3, -0.25) is 0 Å². The molecule has 0 aromatic carbocycles. The van der Waals surface area contributed by atoms with Gasteiger partial charge < -0.3 is 10.1 Å². The fourth-order valence-electron chi connectivity index (χ4n) is 2.10. The minimum Gasteiger partial charge on any atom is -0.463 e. The third-order valence-electron chi connectivity index (χ3n) is 2.99. The predicted molar refractivity (Wildman–Crippen MR) is 67.4 cm³/mol. The molecule has 0 saturated carbocycles. The Kier molecular flexibility index (Phi) is 5.01. The molecule has 5 heteroatoms. The van der Waals surface area contributed by atoms with Crippen molar-refractivity contribution in [2.75, 3.05) is 19.7 Å². The molecule has 4 nitrogen and oxygen atoms in total. The number of hydrogen-bond donors (Lipinski definition) is 1. The molecular formula is C12H18ClN3O. The van der Waals surface area contributed by atoms with Gasteiger partial charge in [-0.05, 0) is 50.8 Å². The summed E-state index contributed by atoms with van der Waals surface area (Å²) in [6.45, 7) is 2.98. The summed E-state index contributed by atoms with van der Waals surface area (Å²) in [4.78, 5) is 7.97. The Morgan fingerprint density at radius 2 is 2.47 bits per heavy atom. The molecule has 1 aliphatic rings. The highest BCUT2D eigenvalue weighted by atomic mass is 35.5. The Balaban J connectivity index is 1.62. The average molecular weight is 256 g/mol. The van der Waals surface area contributed by atoms with Crippen LogP contribution in [0.15, 0.2) is 12.3 Å². The zero-order chi connectivity index (χ0) is 11.9. The van der Waals surface area contributed by atoms with E-state index in [-0.39, 0.29) is 0 Å². The molecule has 0 amide bonds. The molecule has 0 bridgehead atoms. The molecule has 1 N–H and O–H groups in total. The van der Waals surface area contributed by atoms with Gasteiger partial charge in [-0.1, -0.05) is 11.6 Å². The van der Waals surface area contributed by atoms with Crippen molar-refractivity contribution in [2.45, 2.75) is 25.7 Å². The third kappa shape index (κ3) is 4.48. The monoisotopic (exact) mass is 255 g/mol. The molecule has 0 radical (unpaired) electrons. The number of hydrogen-bond acceptors (Lipinski definition) is 4. The summed E-state index contributed by atoms with van der Waals surface area (Å²) in [7, 11) is 0. The summed E-state index contributed by atoms with van der Waals surface area (Å²) in [6.07, 6.45) is 6.48. The van der Waals surface area contributed by atoms with Crippen LogP contribution in [-0.4, -0.2) is 29.7 Å². The standard InChI is InChI=1S/C12H18ClN3O/c13-11-5-7-15-12(16-11)17-8-2-4-10-3-1-6-14-9-10/h5,7,10,14H,1-4,6,8-9H2/t10-/m1/s1. The third-order valence-corrected chi connectivity index (χ3v) is 3.20. The van der Waals surface area contributed by atoms with E-state index in [0.29, 0.717) is 17.8 Å². The van der Waals surface area contributed by atoms with Gasteiger partial charge in [-0.15, -0.1) is 0 Å². The van der Waals surface area contributed by atoms with Crippen LogP contribution in [0.1, 0.15) is 25.7 Å². The molecule has 1 aliphatic heterocycles. The molecule has 1 fully saturated rings. The second kappa shape index (κ2) is 6.77. The number of nitrogens with zero attached hydrogens (tertiary/aromatic N) is 2. The van der Waals surface area contributed by atoms with E-state index >= 15 is 0 Å². The first kappa shape index (κ1) is 12.6. The lowest BCUT2D eigenvalue weighted by molar-refractivity contribution is 0.260. The summed E-state index contributed by atoms with van der Waals surface area (Å²) in [5, 5.41) is 3.84. The smallest absolute Gasteiger partial charge is 0.317 e. The molecule has 0 unspecified atom stereocenters. The van der Waals surface area contributed by atoms with Crippen LogP contribution in [0.2, 0.25) is 5.15 Å². The molecule has 2 heterocycles. The Labute approximate surface area is 107 Å². The summed E-state index contributed by atoms with van der Waals surface area (Å²) >= 11 is 5.74. The van der Waals surface area contributed by atoms with Crippen LogP contribution in [0.25, 0.3) is 0 Å². The van der Waals surface area contributed by atoms with Crippen molar-refractivity contribution >= 4 is 11.6 Å². The van der Waals surface area contributed by atoms with E-state index < -0.39 is 0 Å². The topological polar surface area (TPSA) is 47.0 Å². The highest BCUT2D eigenvalue weighted by molar-refractivity contribution is 6.29. The Morgan fingerprint density at radius 3 is 3.24 bits per heavy atom. The number of rotatable bonds is 5. The van der Waals surface area contributed by atoms with E-state index in [2.05, 4.69) is 15.3 Å². The van der Waals surface area contributed by atoms with Gasteiger partial charge in [0, 0.05) is 6.20 Å². The molecule has 2 rings (SSSR count). The number of halogens is 1. The molecule has 94 valence electrons. The van der Waals surface area contributed by atoms with E-state index in [1.807, 2.05) is 0 Å². The molecule has 1 aromatic heterocycles. The van der Waals surface area contributed by atoms with Crippen LogP contribution in [0.3, 0.4) is 0 Å². The first-order valence-electron chi connectivity index (χ1n) is 6.16. The quantitative estimate of drug-likeness (QED) is 0.648. The SMILES string of the molecule is Clc1ccnc(OCCC[C@H]2CCCNC2)n1. The zero-order valence-corrected chi connectivity index (χ0v) is 10.6. The summed E-state index contributed by atoms with van der Waals surface area (Å²) < 4.78 is 5.45. The molecule has 1 aromatic rings. The second-order valence-electron chi connectivity index (χ2n) is 4.37. The van der Waals surface area contributed by atoms with E-state index in [4.69, 9.17) is 16.3 Å². The number of ether oxygens (including phenoxy) is 1. The number of piperidine rings is 1. The fraction of sp³-hybridized carbons (Fsp3) is 0.667. The highest BCUT2D eigenvalue weighted by Crippen LogP contribution is 2.16. The molecule has 1 atom stereocenters. The molecule has 1 saturated heterocycles. The maximum Gasteiger partial charge on any atom is 0.317 e. The van der Waals surface area contributed by atoms with Crippen molar-refractivity contribution < 1.29 is 4.74 Å². The second-order valence-corrected chi connectivity index (χ2v) is 4.75.